The van der Waals surface area contributed by atoms with Crippen LogP contribution >= 0.6 is 0 Å². The number of aryl methyl sites for hydroxylation is 2. The van der Waals surface area contributed by atoms with Crippen molar-refractivity contribution < 1.29 is 4.79 Å². The molecule has 2 heterocycles. The fourth-order valence-electron chi connectivity index (χ4n) is 1.73. The van der Waals surface area contributed by atoms with Crippen LogP contribution in [-0.4, -0.2) is 20.7 Å². The highest BCUT2D eigenvalue weighted by atomic mass is 16.2. The Bertz CT molecular complexity index is 607. The van der Waals surface area contributed by atoms with Crippen molar-refractivity contribution in [2.75, 3.05) is 0 Å². The van der Waals surface area contributed by atoms with Crippen LogP contribution in [0.15, 0.2) is 10.9 Å². The van der Waals surface area contributed by atoms with Crippen LogP contribution in [0.25, 0.3) is 10.9 Å². The van der Waals surface area contributed by atoms with Gasteiger partial charge in [0.25, 0.3) is 5.56 Å². The number of nitrogens with zero attached hydrogens (tertiary/aromatic N) is 2. The Balaban J connectivity index is 3.00. The summed E-state index contributed by atoms with van der Waals surface area (Å²) in [5.41, 5.74) is 1.75. The van der Waals surface area contributed by atoms with Gasteiger partial charge in [-0.2, -0.15) is 0 Å². The van der Waals surface area contributed by atoms with E-state index in [1.807, 2.05) is 6.92 Å². The van der Waals surface area contributed by atoms with Crippen molar-refractivity contribution in [2.24, 2.45) is 0 Å². The summed E-state index contributed by atoms with van der Waals surface area (Å²) in [5.74, 6) is -0.216. The second-order valence-electron chi connectivity index (χ2n) is 3.54. The molecule has 0 aliphatic carbocycles. The summed E-state index contributed by atoms with van der Waals surface area (Å²) in [6, 6.07) is 1.72. The van der Waals surface area contributed by atoms with E-state index in [4.69, 9.17) is 0 Å². The molecule has 0 spiro atoms. The van der Waals surface area contributed by atoms with Gasteiger partial charge in [-0.05, 0) is 19.9 Å². The van der Waals surface area contributed by atoms with Crippen LogP contribution in [0.1, 0.15) is 23.1 Å². The average Bonchev–Trinajstić information content (AvgIpc) is 2.42. The van der Waals surface area contributed by atoms with Gasteiger partial charge in [-0.1, -0.05) is 0 Å². The first-order chi connectivity index (χ1) is 7.00. The fraction of sp³-hybridized carbons (Fsp3) is 0.300. The molecule has 15 heavy (non-hydrogen) atoms. The molecule has 0 radical (unpaired) electrons. The summed E-state index contributed by atoms with van der Waals surface area (Å²) in [5, 5.41) is 2.97. The minimum Gasteiger partial charge on any atom is -0.273 e. The molecular formula is C10H11N3O2. The maximum atomic E-state index is 11.6. The van der Waals surface area contributed by atoms with Crippen LogP contribution in [0.3, 0.4) is 0 Å². The van der Waals surface area contributed by atoms with Gasteiger partial charge in [-0.15, -0.1) is 0 Å². The van der Waals surface area contributed by atoms with E-state index in [1.54, 1.807) is 13.0 Å². The molecule has 0 bridgehead atoms. The lowest BCUT2D eigenvalue weighted by Crippen LogP contribution is -2.10. The van der Waals surface area contributed by atoms with Gasteiger partial charge in [-0.25, -0.2) is 4.68 Å². The Kier molecular flexibility index (Phi) is 1.96. The molecule has 5 heteroatoms. The lowest BCUT2D eigenvalue weighted by Gasteiger charge is -2.00. The van der Waals surface area contributed by atoms with Crippen molar-refractivity contribution in [2.45, 2.75) is 20.8 Å². The molecule has 0 fully saturated rings. The van der Waals surface area contributed by atoms with Crippen LogP contribution in [0, 0.1) is 13.8 Å². The third-order valence-electron chi connectivity index (χ3n) is 2.30. The minimum absolute atomic E-state index is 0.216. The first-order valence-electron chi connectivity index (χ1n) is 4.60. The number of carbonyl (C=O) groups is 1. The van der Waals surface area contributed by atoms with E-state index in [9.17, 15) is 9.59 Å². The average molecular weight is 205 g/mol. The maximum Gasteiger partial charge on any atom is 0.274 e. The molecule has 2 aromatic heterocycles. The third kappa shape index (κ3) is 1.36. The molecule has 5 nitrogen and oxygen atoms in total. The molecule has 0 saturated heterocycles. The molecule has 0 amide bonds. The normalized spacial score (nSPS) is 10.9. The van der Waals surface area contributed by atoms with Crippen LogP contribution < -0.4 is 5.56 Å². The summed E-state index contributed by atoms with van der Waals surface area (Å²) in [6.45, 7) is 4.99. The van der Waals surface area contributed by atoms with Crippen LogP contribution in [0.5, 0.6) is 0 Å². The number of aromatic nitrogens is 3. The zero-order valence-corrected chi connectivity index (χ0v) is 8.79. The number of carbonyl (C=O) groups excluding carboxylic acids is 1. The van der Waals surface area contributed by atoms with Gasteiger partial charge in [0.05, 0.1) is 16.6 Å². The molecule has 0 aromatic carbocycles. The molecule has 1 N–H and O–H groups in total. The second kappa shape index (κ2) is 3.05. The van der Waals surface area contributed by atoms with Gasteiger partial charge in [0.1, 0.15) is 0 Å². The summed E-state index contributed by atoms with van der Waals surface area (Å²) in [4.78, 5) is 27.0. The standard InChI is InChI=1S/C10H11N3O2/c1-5-4-8-9(6(2)11-5)10(15)12-13(8)7(3)14/h4H,1-3H3,(H,12,15). The number of hydrogen-bond acceptors (Lipinski definition) is 3. The number of pyridine rings is 1. The molecule has 2 rings (SSSR count). The summed E-state index contributed by atoms with van der Waals surface area (Å²) in [6.07, 6.45) is 0. The topological polar surface area (TPSA) is 67.8 Å². The molecule has 2 aromatic rings. The predicted molar refractivity (Wildman–Crippen MR) is 56.1 cm³/mol. The van der Waals surface area contributed by atoms with E-state index >= 15 is 0 Å². The van der Waals surface area contributed by atoms with Gasteiger partial charge in [0, 0.05) is 12.6 Å². The Morgan fingerprint density at radius 2 is 2.13 bits per heavy atom. The number of rotatable bonds is 0. The van der Waals surface area contributed by atoms with E-state index in [0.29, 0.717) is 16.6 Å². The zero-order valence-electron chi connectivity index (χ0n) is 8.79. The highest BCUT2D eigenvalue weighted by Crippen LogP contribution is 2.13. The molecule has 0 unspecified atom stereocenters. The smallest absolute Gasteiger partial charge is 0.273 e. The van der Waals surface area contributed by atoms with E-state index in [-0.39, 0.29) is 11.5 Å². The van der Waals surface area contributed by atoms with Crippen LogP contribution in [0.2, 0.25) is 0 Å². The molecule has 0 aliphatic rings. The van der Waals surface area contributed by atoms with E-state index in [0.717, 1.165) is 5.69 Å². The molecule has 0 saturated carbocycles. The number of fused-ring (bicyclic) bond motifs is 1. The van der Waals surface area contributed by atoms with E-state index in [2.05, 4.69) is 10.1 Å². The number of nitrogens with one attached hydrogen (secondary N) is 1. The summed E-state index contributed by atoms with van der Waals surface area (Å²) in [7, 11) is 0. The van der Waals surface area contributed by atoms with Gasteiger partial charge < -0.3 is 0 Å². The molecule has 78 valence electrons. The molecule has 0 aliphatic heterocycles. The maximum absolute atomic E-state index is 11.6. The Morgan fingerprint density at radius 3 is 2.73 bits per heavy atom. The Morgan fingerprint density at radius 1 is 1.47 bits per heavy atom. The lowest BCUT2D eigenvalue weighted by atomic mass is 10.2. The van der Waals surface area contributed by atoms with Gasteiger partial charge in [0.15, 0.2) is 0 Å². The minimum atomic E-state index is -0.273. The van der Waals surface area contributed by atoms with E-state index < -0.39 is 0 Å². The van der Waals surface area contributed by atoms with Gasteiger partial charge >= 0.3 is 0 Å². The SMILES string of the molecule is CC(=O)n1[nH]c(=O)c2c(C)nc(C)cc21. The third-order valence-corrected chi connectivity index (χ3v) is 2.30. The van der Waals surface area contributed by atoms with E-state index in [1.165, 1.54) is 11.6 Å². The summed E-state index contributed by atoms with van der Waals surface area (Å²) >= 11 is 0. The van der Waals surface area contributed by atoms with Crippen LogP contribution in [0.4, 0.5) is 0 Å². The summed E-state index contributed by atoms with van der Waals surface area (Å²) < 4.78 is 1.25. The van der Waals surface area contributed by atoms with Crippen molar-refractivity contribution in [1.29, 1.82) is 0 Å². The predicted octanol–water partition coefficient (Wildman–Crippen LogP) is 1.00. The first-order valence-corrected chi connectivity index (χ1v) is 4.60. The van der Waals surface area contributed by atoms with Crippen molar-refractivity contribution in [3.63, 3.8) is 0 Å². The zero-order chi connectivity index (χ0) is 11.2. The first kappa shape index (κ1) is 9.64. The van der Waals surface area contributed by atoms with Gasteiger partial charge in [-0.3, -0.25) is 19.7 Å². The highest BCUT2D eigenvalue weighted by molar-refractivity contribution is 5.90. The fourth-order valence-corrected chi connectivity index (χ4v) is 1.73. The largest absolute Gasteiger partial charge is 0.274 e. The Hall–Kier alpha value is -1.91. The quantitative estimate of drug-likeness (QED) is 0.697. The monoisotopic (exact) mass is 205 g/mol. The lowest BCUT2D eigenvalue weighted by molar-refractivity contribution is 0.0926. The highest BCUT2D eigenvalue weighted by Gasteiger charge is 2.12. The number of H-pyrrole nitrogens is 1. The number of aromatic amines is 1. The number of hydrogen-bond donors (Lipinski definition) is 1. The van der Waals surface area contributed by atoms with Crippen molar-refractivity contribution in [3.05, 3.63) is 27.8 Å². The van der Waals surface area contributed by atoms with Gasteiger partial charge in [0.2, 0.25) is 5.91 Å². The molecular weight excluding hydrogens is 194 g/mol. The second-order valence-corrected chi connectivity index (χ2v) is 3.54. The molecule has 0 atom stereocenters. The van der Waals surface area contributed by atoms with Crippen LogP contribution in [-0.2, 0) is 0 Å². The van der Waals surface area contributed by atoms with Crippen molar-refractivity contribution in [3.8, 4) is 0 Å². The van der Waals surface area contributed by atoms with Crippen molar-refractivity contribution >= 4 is 16.8 Å². The Labute approximate surface area is 85.7 Å². The van der Waals surface area contributed by atoms with Crippen molar-refractivity contribution in [1.82, 2.24) is 14.8 Å².